The van der Waals surface area contributed by atoms with Gasteiger partial charge in [0.15, 0.2) is 0 Å². The lowest BCUT2D eigenvalue weighted by molar-refractivity contribution is -0.180. The number of aromatic nitrogens is 2. The number of aromatic amines is 1. The van der Waals surface area contributed by atoms with Crippen LogP contribution in [0.15, 0.2) is 0 Å². The van der Waals surface area contributed by atoms with Crippen LogP contribution >= 0.6 is 0 Å². The second-order valence-electron chi connectivity index (χ2n) is 8.40. The van der Waals surface area contributed by atoms with Crippen LogP contribution in [0.4, 0.5) is 0 Å². The third-order valence-corrected chi connectivity index (χ3v) is 5.76. The number of nitrogens with zero attached hydrogens (tertiary/aromatic N) is 3. The van der Waals surface area contributed by atoms with Crippen LogP contribution in [-0.2, 0) is 4.79 Å². The summed E-state index contributed by atoms with van der Waals surface area (Å²) in [6.45, 7) is 10.5. The highest BCUT2D eigenvalue weighted by molar-refractivity contribution is 5.84. The van der Waals surface area contributed by atoms with Crippen molar-refractivity contribution in [3.05, 3.63) is 17.0 Å². The van der Waals surface area contributed by atoms with E-state index >= 15 is 0 Å². The van der Waals surface area contributed by atoms with Crippen molar-refractivity contribution >= 4 is 5.91 Å². The summed E-state index contributed by atoms with van der Waals surface area (Å²) in [4.78, 5) is 17.2. The van der Waals surface area contributed by atoms with Crippen LogP contribution < -0.4 is 5.73 Å². The van der Waals surface area contributed by atoms with Gasteiger partial charge in [0.05, 0.1) is 11.8 Å². The van der Waals surface area contributed by atoms with Crippen molar-refractivity contribution in [2.75, 3.05) is 33.2 Å². The van der Waals surface area contributed by atoms with Crippen LogP contribution in [-0.4, -0.2) is 70.3 Å². The Bertz CT molecular complexity index is 618. The quantitative estimate of drug-likeness (QED) is 0.716. The molecule has 0 saturated carbocycles. The Hall–Kier alpha value is -1.44. The molecule has 1 aromatic heterocycles. The first-order chi connectivity index (χ1) is 11.1. The van der Waals surface area contributed by atoms with E-state index in [4.69, 9.17) is 5.73 Å². The van der Waals surface area contributed by atoms with Crippen LogP contribution in [0.5, 0.6) is 0 Å². The lowest BCUT2D eigenvalue weighted by Crippen LogP contribution is -2.70. The van der Waals surface area contributed by atoms with Gasteiger partial charge in [-0.05, 0) is 20.9 Å². The molecule has 7 heteroatoms. The lowest BCUT2D eigenvalue weighted by atomic mass is 9.63. The minimum Gasteiger partial charge on any atom is -0.392 e. The molecule has 1 amide bonds. The van der Waals surface area contributed by atoms with E-state index in [1.807, 2.05) is 18.7 Å². The Labute approximate surface area is 143 Å². The molecular weight excluding hydrogens is 306 g/mol. The number of nitrogens with two attached hydrogens (primary N) is 1. The molecule has 24 heavy (non-hydrogen) atoms. The highest BCUT2D eigenvalue weighted by atomic mass is 16.3. The van der Waals surface area contributed by atoms with Crippen molar-refractivity contribution < 1.29 is 9.90 Å². The highest BCUT2D eigenvalue weighted by Gasteiger charge is 2.56. The van der Waals surface area contributed by atoms with E-state index in [1.54, 1.807) is 0 Å². The number of H-pyrrole nitrogens is 1. The molecule has 3 heterocycles. The van der Waals surface area contributed by atoms with E-state index in [2.05, 4.69) is 36.0 Å². The number of piperidine rings is 2. The Morgan fingerprint density at radius 3 is 2.29 bits per heavy atom. The SMILES string of the molecule is Cc1n[nH]c(C)c1[C@@H](N)C(=O)N1C[C@]2(C)CN(C)C[C@](C)(C1)C2O. The molecule has 7 nitrogen and oxygen atoms in total. The fraction of sp³-hybridized carbons (Fsp3) is 0.765. The number of amides is 1. The zero-order valence-corrected chi connectivity index (χ0v) is 15.3. The fourth-order valence-electron chi connectivity index (χ4n) is 5.00. The second-order valence-corrected chi connectivity index (χ2v) is 8.40. The number of aliphatic hydroxyl groups excluding tert-OH is 1. The first kappa shape index (κ1) is 17.4. The molecule has 0 aliphatic carbocycles. The molecule has 2 bridgehead atoms. The Morgan fingerprint density at radius 1 is 1.29 bits per heavy atom. The third-order valence-electron chi connectivity index (χ3n) is 5.76. The number of nitrogens with one attached hydrogen (secondary N) is 1. The number of carbonyl (C=O) groups excluding carboxylic acids is 1. The molecule has 2 aliphatic rings. The van der Waals surface area contributed by atoms with Crippen molar-refractivity contribution in [2.24, 2.45) is 16.6 Å². The number of fused-ring (bicyclic) bond motifs is 2. The predicted octanol–water partition coefficient (Wildman–Crippen LogP) is 0.187. The summed E-state index contributed by atoms with van der Waals surface area (Å²) in [5.41, 5.74) is 8.00. The van der Waals surface area contributed by atoms with Gasteiger partial charge in [0.1, 0.15) is 6.04 Å². The van der Waals surface area contributed by atoms with Gasteiger partial charge in [-0.15, -0.1) is 0 Å². The smallest absolute Gasteiger partial charge is 0.244 e. The first-order valence-corrected chi connectivity index (χ1v) is 8.50. The highest BCUT2D eigenvalue weighted by Crippen LogP contribution is 2.45. The van der Waals surface area contributed by atoms with Gasteiger partial charge in [0.2, 0.25) is 5.91 Å². The molecule has 0 radical (unpaired) electrons. The van der Waals surface area contributed by atoms with E-state index < -0.39 is 12.1 Å². The van der Waals surface area contributed by atoms with Crippen molar-refractivity contribution in [3.63, 3.8) is 0 Å². The predicted molar refractivity (Wildman–Crippen MR) is 91.3 cm³/mol. The summed E-state index contributed by atoms with van der Waals surface area (Å²) >= 11 is 0. The summed E-state index contributed by atoms with van der Waals surface area (Å²) in [6.07, 6.45) is -0.418. The Kier molecular flexibility index (Phi) is 4.01. The second kappa shape index (κ2) is 5.54. The number of aryl methyl sites for hydroxylation is 2. The minimum absolute atomic E-state index is 0.0866. The van der Waals surface area contributed by atoms with Gasteiger partial charge >= 0.3 is 0 Å². The fourth-order valence-corrected chi connectivity index (χ4v) is 5.00. The Morgan fingerprint density at radius 2 is 1.83 bits per heavy atom. The molecule has 0 spiro atoms. The van der Waals surface area contributed by atoms with E-state index in [0.29, 0.717) is 13.1 Å². The largest absolute Gasteiger partial charge is 0.392 e. The number of likely N-dealkylation sites (tertiary alicyclic amines) is 2. The first-order valence-electron chi connectivity index (χ1n) is 8.50. The topological polar surface area (TPSA) is 98.5 Å². The molecule has 4 N–H and O–H groups in total. The molecule has 3 rings (SSSR count). The van der Waals surface area contributed by atoms with Crippen molar-refractivity contribution in [1.29, 1.82) is 0 Å². The monoisotopic (exact) mass is 335 g/mol. The molecule has 2 fully saturated rings. The maximum absolute atomic E-state index is 13.1. The summed E-state index contributed by atoms with van der Waals surface area (Å²) < 4.78 is 0. The zero-order valence-electron chi connectivity index (χ0n) is 15.3. The maximum atomic E-state index is 13.1. The molecule has 4 atom stereocenters. The number of hydrogen-bond donors (Lipinski definition) is 3. The number of hydrogen-bond acceptors (Lipinski definition) is 5. The van der Waals surface area contributed by atoms with Gasteiger partial charge in [-0.2, -0.15) is 5.10 Å². The van der Waals surface area contributed by atoms with E-state index in [9.17, 15) is 9.90 Å². The van der Waals surface area contributed by atoms with Crippen molar-refractivity contribution in [2.45, 2.75) is 39.8 Å². The molecular formula is C17H29N5O2. The van der Waals surface area contributed by atoms with Gasteiger partial charge in [0.25, 0.3) is 0 Å². The van der Waals surface area contributed by atoms with Gasteiger partial charge in [0, 0.05) is 48.3 Å². The average molecular weight is 335 g/mol. The maximum Gasteiger partial charge on any atom is 0.244 e. The molecule has 0 aromatic carbocycles. The van der Waals surface area contributed by atoms with E-state index in [0.717, 1.165) is 30.0 Å². The van der Waals surface area contributed by atoms with E-state index in [1.165, 1.54) is 0 Å². The van der Waals surface area contributed by atoms with Crippen LogP contribution in [0.25, 0.3) is 0 Å². The summed E-state index contributed by atoms with van der Waals surface area (Å²) in [6, 6.07) is -0.718. The average Bonchev–Trinajstić information content (AvgIpc) is 2.80. The molecule has 1 unspecified atom stereocenters. The van der Waals surface area contributed by atoms with Gasteiger partial charge < -0.3 is 20.6 Å². The van der Waals surface area contributed by atoms with Crippen molar-refractivity contribution in [3.8, 4) is 0 Å². The number of carbonyl (C=O) groups is 1. The summed E-state index contributed by atoms with van der Waals surface area (Å²) in [5.74, 6) is -0.0866. The standard InChI is InChI=1S/C17H29N5O2/c1-10-12(11(2)20-19-10)13(18)14(23)22-8-16(3)6-21(5)7-17(4,9-22)15(16)24/h13,15,24H,6-9,18H2,1-5H3,(H,19,20)/t13-,15?,16-,17+/m1/s1. The zero-order chi connectivity index (χ0) is 17.9. The van der Waals surface area contributed by atoms with Crippen LogP contribution in [0.3, 0.4) is 0 Å². The van der Waals surface area contributed by atoms with Crippen LogP contribution in [0, 0.1) is 24.7 Å². The molecule has 2 aliphatic heterocycles. The summed E-state index contributed by atoms with van der Waals surface area (Å²) in [7, 11) is 2.07. The van der Waals surface area contributed by atoms with Crippen LogP contribution in [0.1, 0.15) is 36.8 Å². The lowest BCUT2D eigenvalue weighted by Gasteiger charge is -2.59. The van der Waals surface area contributed by atoms with Gasteiger partial charge in [-0.1, -0.05) is 13.8 Å². The van der Waals surface area contributed by atoms with Crippen LogP contribution in [0.2, 0.25) is 0 Å². The van der Waals surface area contributed by atoms with Crippen molar-refractivity contribution in [1.82, 2.24) is 20.0 Å². The molecule has 1 aromatic rings. The van der Waals surface area contributed by atoms with Gasteiger partial charge in [-0.3, -0.25) is 9.89 Å². The summed E-state index contributed by atoms with van der Waals surface area (Å²) in [5, 5.41) is 17.9. The van der Waals surface area contributed by atoms with E-state index in [-0.39, 0.29) is 16.7 Å². The Balaban J connectivity index is 1.87. The number of aliphatic hydroxyl groups is 1. The van der Waals surface area contributed by atoms with Gasteiger partial charge in [-0.25, -0.2) is 0 Å². The normalized spacial score (nSPS) is 35.1. The third kappa shape index (κ3) is 2.55. The minimum atomic E-state index is -0.718. The molecule has 2 saturated heterocycles. The molecule has 134 valence electrons. The number of rotatable bonds is 2.